The number of benzene rings is 2. The van der Waals surface area contributed by atoms with Gasteiger partial charge in [0.2, 0.25) is 0 Å². The van der Waals surface area contributed by atoms with E-state index < -0.39 is 40.2 Å². The van der Waals surface area contributed by atoms with Gasteiger partial charge in [-0.25, -0.2) is 13.8 Å². The molecule has 2 heterocycles. The van der Waals surface area contributed by atoms with E-state index in [9.17, 15) is 18.4 Å². The Kier molecular flexibility index (Phi) is 5.80. The molecule has 5 rings (SSSR count). The number of aryl methyl sites for hydroxylation is 1. The van der Waals surface area contributed by atoms with Gasteiger partial charge in [0.1, 0.15) is 17.2 Å². The number of aromatic nitrogens is 2. The highest BCUT2D eigenvalue weighted by atomic mass is 19.1. The lowest BCUT2D eigenvalue weighted by Crippen LogP contribution is -2.42. The van der Waals surface area contributed by atoms with Crippen LogP contribution in [-0.2, 0) is 15.2 Å². The third-order valence-corrected chi connectivity index (χ3v) is 6.98. The lowest BCUT2D eigenvalue weighted by molar-refractivity contribution is -0.142. The standard InChI is InChI=1S/C26H25F2N5O3/c1-14-6-7-16(26(15-8-9-15)13-25(2,24(29)35)36-33-26)10-17(14)20-11-31-21(12-30-20)32-23(34)22-18(27)4-3-5-19(22)28/h3-7,10-12,15,33H,8-9,13H2,1-2H3,(H2,29,35)(H,31,32,34). The topological polar surface area (TPSA) is 119 Å². The van der Waals surface area contributed by atoms with Crippen LogP contribution in [0.4, 0.5) is 14.6 Å². The van der Waals surface area contributed by atoms with Gasteiger partial charge in [-0.05, 0) is 61.9 Å². The summed E-state index contributed by atoms with van der Waals surface area (Å²) < 4.78 is 27.8. The molecule has 3 aromatic rings. The van der Waals surface area contributed by atoms with Crippen molar-refractivity contribution in [2.75, 3.05) is 5.32 Å². The van der Waals surface area contributed by atoms with Crippen molar-refractivity contribution in [2.45, 2.75) is 44.2 Å². The van der Waals surface area contributed by atoms with E-state index in [1.807, 2.05) is 25.1 Å². The van der Waals surface area contributed by atoms with Gasteiger partial charge >= 0.3 is 0 Å². The Labute approximate surface area is 206 Å². The Balaban J connectivity index is 1.42. The molecule has 10 heteroatoms. The van der Waals surface area contributed by atoms with Crippen molar-refractivity contribution in [3.63, 3.8) is 0 Å². The predicted octanol–water partition coefficient (Wildman–Crippen LogP) is 3.76. The van der Waals surface area contributed by atoms with E-state index in [1.165, 1.54) is 18.5 Å². The molecule has 2 amide bonds. The molecule has 186 valence electrons. The summed E-state index contributed by atoms with van der Waals surface area (Å²) in [5.41, 5.74) is 9.62. The Morgan fingerprint density at radius 3 is 2.44 bits per heavy atom. The Morgan fingerprint density at radius 1 is 1.14 bits per heavy atom. The number of anilines is 1. The zero-order valence-electron chi connectivity index (χ0n) is 19.8. The zero-order valence-corrected chi connectivity index (χ0v) is 19.8. The van der Waals surface area contributed by atoms with Crippen LogP contribution in [0.2, 0.25) is 0 Å². The van der Waals surface area contributed by atoms with Crippen LogP contribution in [-0.4, -0.2) is 27.4 Å². The fourth-order valence-corrected chi connectivity index (χ4v) is 4.75. The van der Waals surface area contributed by atoms with Crippen molar-refractivity contribution in [1.29, 1.82) is 0 Å². The monoisotopic (exact) mass is 493 g/mol. The number of nitrogens with zero attached hydrogens (tertiary/aromatic N) is 2. The number of hydroxylamine groups is 1. The summed E-state index contributed by atoms with van der Waals surface area (Å²) in [5.74, 6) is -3.06. The van der Waals surface area contributed by atoms with E-state index in [2.05, 4.69) is 20.8 Å². The number of nitrogens with two attached hydrogens (primary N) is 1. The van der Waals surface area contributed by atoms with Gasteiger partial charge in [0.05, 0.1) is 23.6 Å². The molecule has 8 nitrogen and oxygen atoms in total. The van der Waals surface area contributed by atoms with Crippen LogP contribution in [0.25, 0.3) is 11.3 Å². The fourth-order valence-electron chi connectivity index (χ4n) is 4.75. The van der Waals surface area contributed by atoms with Gasteiger partial charge in [-0.3, -0.25) is 19.4 Å². The van der Waals surface area contributed by atoms with Crippen LogP contribution < -0.4 is 16.5 Å². The molecule has 2 fully saturated rings. The smallest absolute Gasteiger partial charge is 0.262 e. The van der Waals surface area contributed by atoms with Crippen molar-refractivity contribution in [3.05, 3.63) is 77.1 Å². The van der Waals surface area contributed by atoms with Gasteiger partial charge < -0.3 is 11.1 Å². The summed E-state index contributed by atoms with van der Waals surface area (Å²) in [7, 11) is 0. The summed E-state index contributed by atoms with van der Waals surface area (Å²) >= 11 is 0. The highest BCUT2D eigenvalue weighted by Gasteiger charge is 2.58. The molecule has 4 N–H and O–H groups in total. The van der Waals surface area contributed by atoms with Crippen molar-refractivity contribution in [3.8, 4) is 11.3 Å². The Morgan fingerprint density at radius 2 is 1.86 bits per heavy atom. The molecule has 1 aliphatic carbocycles. The summed E-state index contributed by atoms with van der Waals surface area (Å²) in [6, 6.07) is 9.16. The number of amides is 2. The van der Waals surface area contributed by atoms with E-state index in [-0.39, 0.29) is 5.82 Å². The van der Waals surface area contributed by atoms with Crippen molar-refractivity contribution in [2.24, 2.45) is 11.7 Å². The van der Waals surface area contributed by atoms with Crippen molar-refractivity contribution in [1.82, 2.24) is 15.4 Å². The number of primary amides is 1. The van der Waals surface area contributed by atoms with Gasteiger partial charge in [0.15, 0.2) is 11.4 Å². The number of hydrogen-bond acceptors (Lipinski definition) is 6. The molecule has 2 aliphatic rings. The second kappa shape index (κ2) is 8.72. The van der Waals surface area contributed by atoms with E-state index >= 15 is 0 Å². The fraction of sp³-hybridized carbons (Fsp3) is 0.308. The first kappa shape index (κ1) is 24.0. The predicted molar refractivity (Wildman–Crippen MR) is 127 cm³/mol. The minimum atomic E-state index is -1.12. The molecular weight excluding hydrogens is 468 g/mol. The molecule has 36 heavy (non-hydrogen) atoms. The average molecular weight is 494 g/mol. The van der Waals surface area contributed by atoms with Crippen LogP contribution in [0.3, 0.4) is 0 Å². The van der Waals surface area contributed by atoms with Gasteiger partial charge in [0, 0.05) is 12.0 Å². The highest BCUT2D eigenvalue weighted by Crippen LogP contribution is 2.53. The Hall–Kier alpha value is -3.76. The van der Waals surface area contributed by atoms with Crippen molar-refractivity contribution < 1.29 is 23.2 Å². The maximum absolute atomic E-state index is 13.9. The number of nitrogens with one attached hydrogen (secondary N) is 2. The maximum atomic E-state index is 13.9. The number of carbonyl (C=O) groups is 2. The van der Waals surface area contributed by atoms with Crippen molar-refractivity contribution >= 4 is 17.6 Å². The average Bonchev–Trinajstić information content (AvgIpc) is 3.63. The molecule has 2 unspecified atom stereocenters. The zero-order chi connectivity index (χ0) is 25.7. The first-order valence-electron chi connectivity index (χ1n) is 11.6. The number of hydrogen-bond donors (Lipinski definition) is 3. The third-order valence-electron chi connectivity index (χ3n) is 6.98. The number of halogens is 2. The van der Waals surface area contributed by atoms with E-state index in [1.54, 1.807) is 6.92 Å². The lowest BCUT2D eigenvalue weighted by Gasteiger charge is -2.30. The van der Waals surface area contributed by atoms with E-state index in [0.29, 0.717) is 18.0 Å². The van der Waals surface area contributed by atoms with E-state index in [4.69, 9.17) is 10.6 Å². The molecule has 1 saturated heterocycles. The Bertz CT molecular complexity index is 1340. The molecule has 0 radical (unpaired) electrons. The quantitative estimate of drug-likeness (QED) is 0.481. The normalized spacial score (nSPS) is 23.4. The third kappa shape index (κ3) is 4.12. The second-order valence-electron chi connectivity index (χ2n) is 9.59. The molecule has 2 aromatic carbocycles. The highest BCUT2D eigenvalue weighted by molar-refractivity contribution is 6.04. The number of carbonyl (C=O) groups excluding carboxylic acids is 2. The van der Waals surface area contributed by atoms with E-state index in [0.717, 1.165) is 41.7 Å². The summed E-state index contributed by atoms with van der Waals surface area (Å²) in [4.78, 5) is 38.7. The molecule has 0 spiro atoms. The summed E-state index contributed by atoms with van der Waals surface area (Å²) in [5, 5.41) is 2.38. The molecule has 1 aliphatic heterocycles. The van der Waals surface area contributed by atoms with Crippen LogP contribution in [0.15, 0.2) is 48.8 Å². The molecular formula is C26H25F2N5O3. The van der Waals surface area contributed by atoms with Gasteiger partial charge in [-0.1, -0.05) is 18.2 Å². The first-order valence-corrected chi connectivity index (χ1v) is 11.6. The molecule has 1 aromatic heterocycles. The minimum Gasteiger partial charge on any atom is -0.367 e. The van der Waals surface area contributed by atoms with Crippen LogP contribution in [0, 0.1) is 24.5 Å². The van der Waals surface area contributed by atoms with Gasteiger partial charge in [-0.2, -0.15) is 5.48 Å². The lowest BCUT2D eigenvalue weighted by atomic mass is 9.77. The van der Waals surface area contributed by atoms with Crippen LogP contribution >= 0.6 is 0 Å². The van der Waals surface area contributed by atoms with Crippen LogP contribution in [0.1, 0.15) is 47.7 Å². The minimum absolute atomic E-state index is 0.0535. The largest absolute Gasteiger partial charge is 0.367 e. The first-order chi connectivity index (χ1) is 17.1. The molecule has 2 atom stereocenters. The maximum Gasteiger partial charge on any atom is 0.262 e. The number of rotatable bonds is 6. The summed E-state index contributed by atoms with van der Waals surface area (Å²) in [6.45, 7) is 3.63. The van der Waals surface area contributed by atoms with Crippen LogP contribution in [0.5, 0.6) is 0 Å². The SMILES string of the molecule is Cc1ccc(C2(C3CC3)CC(C)(C(N)=O)ON2)cc1-c1cnc(NC(=O)c2c(F)cccc2F)cn1. The summed E-state index contributed by atoms with van der Waals surface area (Å²) in [6.07, 6.45) is 5.23. The molecule has 0 bridgehead atoms. The van der Waals surface area contributed by atoms with Gasteiger partial charge in [-0.15, -0.1) is 0 Å². The second-order valence-corrected chi connectivity index (χ2v) is 9.59. The molecule has 1 saturated carbocycles. The van der Waals surface area contributed by atoms with Gasteiger partial charge in [0.25, 0.3) is 11.8 Å².